The van der Waals surface area contributed by atoms with Gasteiger partial charge in [-0.2, -0.15) is 0 Å². The molecule has 2 rings (SSSR count). The van der Waals surface area contributed by atoms with E-state index in [0.717, 1.165) is 0 Å². The van der Waals surface area contributed by atoms with E-state index in [4.69, 9.17) is 9.47 Å². The molecule has 0 aliphatic rings. The first-order chi connectivity index (χ1) is 12.0. The number of carbonyl (C=O) groups is 1. The van der Waals surface area contributed by atoms with E-state index in [0.29, 0.717) is 17.1 Å². The van der Waals surface area contributed by atoms with Crippen LogP contribution in [-0.2, 0) is 10.0 Å². The van der Waals surface area contributed by atoms with Gasteiger partial charge < -0.3 is 14.8 Å². The standard InChI is InChI=1S/C17H20N2O5S/c1-23-14-5-3-13(4-6-14)17(20)18-11-12-19-25(21,22)16-9-7-15(24-2)8-10-16/h3-10,19H,11-12H2,1-2H3,(H,18,20). The fourth-order valence-electron chi connectivity index (χ4n) is 2.04. The predicted octanol–water partition coefficient (Wildman–Crippen LogP) is 1.41. The Bertz CT molecular complexity index is 802. The van der Waals surface area contributed by atoms with Crippen molar-refractivity contribution in [2.24, 2.45) is 0 Å². The summed E-state index contributed by atoms with van der Waals surface area (Å²) >= 11 is 0. The molecule has 0 fully saturated rings. The smallest absolute Gasteiger partial charge is 0.251 e. The van der Waals surface area contributed by atoms with Gasteiger partial charge in [-0.3, -0.25) is 4.79 Å². The molecular formula is C17H20N2O5S. The summed E-state index contributed by atoms with van der Waals surface area (Å²) in [6, 6.07) is 12.7. The summed E-state index contributed by atoms with van der Waals surface area (Å²) in [6.07, 6.45) is 0. The number of nitrogens with one attached hydrogen (secondary N) is 2. The van der Waals surface area contributed by atoms with E-state index in [2.05, 4.69) is 10.0 Å². The van der Waals surface area contributed by atoms with Gasteiger partial charge in [0.05, 0.1) is 19.1 Å². The molecule has 7 nitrogen and oxygen atoms in total. The van der Waals surface area contributed by atoms with Crippen LogP contribution < -0.4 is 19.5 Å². The maximum absolute atomic E-state index is 12.1. The van der Waals surface area contributed by atoms with Gasteiger partial charge in [-0.25, -0.2) is 13.1 Å². The van der Waals surface area contributed by atoms with Gasteiger partial charge in [-0.05, 0) is 48.5 Å². The summed E-state index contributed by atoms with van der Waals surface area (Å²) in [7, 11) is -0.577. The molecule has 8 heteroatoms. The molecule has 0 saturated heterocycles. The lowest BCUT2D eigenvalue weighted by molar-refractivity contribution is 0.0954. The molecule has 0 bridgehead atoms. The molecule has 0 atom stereocenters. The number of carbonyl (C=O) groups excluding carboxylic acids is 1. The number of ether oxygens (including phenoxy) is 2. The van der Waals surface area contributed by atoms with Crippen LogP contribution >= 0.6 is 0 Å². The molecule has 2 N–H and O–H groups in total. The van der Waals surface area contributed by atoms with E-state index in [-0.39, 0.29) is 23.9 Å². The first-order valence-corrected chi connectivity index (χ1v) is 9.00. The second-order valence-corrected chi connectivity index (χ2v) is 6.82. The molecule has 0 unspecified atom stereocenters. The zero-order valence-electron chi connectivity index (χ0n) is 14.0. The first-order valence-electron chi connectivity index (χ1n) is 7.52. The van der Waals surface area contributed by atoms with Gasteiger partial charge in [0.25, 0.3) is 5.91 Å². The Hall–Kier alpha value is -2.58. The van der Waals surface area contributed by atoms with Gasteiger partial charge in [-0.15, -0.1) is 0 Å². The third-order valence-corrected chi connectivity index (χ3v) is 4.90. The maximum atomic E-state index is 12.1. The third kappa shape index (κ3) is 5.20. The van der Waals surface area contributed by atoms with E-state index >= 15 is 0 Å². The Morgan fingerprint density at radius 1 is 0.880 bits per heavy atom. The number of benzene rings is 2. The summed E-state index contributed by atoms with van der Waals surface area (Å²) < 4.78 is 36.7. The molecule has 0 saturated carbocycles. The van der Waals surface area contributed by atoms with Gasteiger partial charge in [0.15, 0.2) is 0 Å². The lowest BCUT2D eigenvalue weighted by Crippen LogP contribution is -2.34. The predicted molar refractivity (Wildman–Crippen MR) is 93.5 cm³/mol. The lowest BCUT2D eigenvalue weighted by atomic mass is 10.2. The highest BCUT2D eigenvalue weighted by Crippen LogP contribution is 2.15. The summed E-state index contributed by atoms with van der Waals surface area (Å²) in [6.45, 7) is 0.247. The highest BCUT2D eigenvalue weighted by Gasteiger charge is 2.13. The molecule has 0 aromatic heterocycles. The Kier molecular flexibility index (Phi) is 6.37. The maximum Gasteiger partial charge on any atom is 0.251 e. The van der Waals surface area contributed by atoms with E-state index in [1.54, 1.807) is 43.5 Å². The van der Waals surface area contributed by atoms with Crippen LogP contribution in [0.3, 0.4) is 0 Å². The molecule has 0 radical (unpaired) electrons. The van der Waals surface area contributed by atoms with Crippen molar-refractivity contribution in [2.45, 2.75) is 4.90 Å². The van der Waals surface area contributed by atoms with Crippen molar-refractivity contribution in [1.29, 1.82) is 0 Å². The minimum absolute atomic E-state index is 0.0796. The van der Waals surface area contributed by atoms with Crippen LogP contribution in [0.15, 0.2) is 53.4 Å². The van der Waals surface area contributed by atoms with Gasteiger partial charge >= 0.3 is 0 Å². The SMILES string of the molecule is COc1ccc(C(=O)NCCNS(=O)(=O)c2ccc(OC)cc2)cc1. The molecule has 2 aromatic rings. The van der Waals surface area contributed by atoms with Crippen LogP contribution in [0.1, 0.15) is 10.4 Å². The number of rotatable bonds is 8. The van der Waals surface area contributed by atoms with Gasteiger partial charge in [-0.1, -0.05) is 0 Å². The molecule has 0 heterocycles. The molecule has 0 spiro atoms. The Morgan fingerprint density at radius 3 is 1.92 bits per heavy atom. The average Bonchev–Trinajstić information content (AvgIpc) is 2.65. The molecule has 2 aromatic carbocycles. The minimum atomic E-state index is -3.63. The highest BCUT2D eigenvalue weighted by molar-refractivity contribution is 7.89. The fourth-order valence-corrected chi connectivity index (χ4v) is 3.08. The number of amides is 1. The fraction of sp³-hybridized carbons (Fsp3) is 0.235. The topological polar surface area (TPSA) is 93.7 Å². The molecule has 134 valence electrons. The van der Waals surface area contributed by atoms with E-state index in [9.17, 15) is 13.2 Å². The Balaban J connectivity index is 1.83. The second kappa shape index (κ2) is 8.50. The summed E-state index contributed by atoms with van der Waals surface area (Å²) in [5.74, 6) is 0.945. The second-order valence-electron chi connectivity index (χ2n) is 5.06. The van der Waals surface area contributed by atoms with E-state index in [1.165, 1.54) is 19.2 Å². The zero-order valence-corrected chi connectivity index (χ0v) is 14.8. The van der Waals surface area contributed by atoms with Gasteiger partial charge in [0.2, 0.25) is 10.0 Å². The van der Waals surface area contributed by atoms with Crippen LogP contribution in [0.25, 0.3) is 0 Å². The highest BCUT2D eigenvalue weighted by atomic mass is 32.2. The molecular weight excluding hydrogens is 344 g/mol. The molecule has 1 amide bonds. The van der Waals surface area contributed by atoms with Crippen LogP contribution in [0.2, 0.25) is 0 Å². The monoisotopic (exact) mass is 364 g/mol. The number of hydrogen-bond acceptors (Lipinski definition) is 5. The summed E-state index contributed by atoms with van der Waals surface area (Å²) in [5.41, 5.74) is 0.471. The first kappa shape index (κ1) is 18.8. The number of hydrogen-bond donors (Lipinski definition) is 2. The average molecular weight is 364 g/mol. The van der Waals surface area contributed by atoms with Crippen molar-refractivity contribution in [3.8, 4) is 11.5 Å². The van der Waals surface area contributed by atoms with Crippen molar-refractivity contribution in [2.75, 3.05) is 27.3 Å². The number of methoxy groups -OCH3 is 2. The van der Waals surface area contributed by atoms with Crippen molar-refractivity contribution in [1.82, 2.24) is 10.0 Å². The van der Waals surface area contributed by atoms with Crippen molar-refractivity contribution in [3.63, 3.8) is 0 Å². The molecule has 25 heavy (non-hydrogen) atoms. The zero-order chi connectivity index (χ0) is 18.3. The van der Waals surface area contributed by atoms with Crippen LogP contribution in [-0.4, -0.2) is 41.6 Å². The normalized spacial score (nSPS) is 11.0. The van der Waals surface area contributed by atoms with Crippen LogP contribution in [0.4, 0.5) is 0 Å². The Morgan fingerprint density at radius 2 is 1.40 bits per heavy atom. The quantitative estimate of drug-likeness (QED) is 0.691. The number of sulfonamides is 1. The Labute approximate surface area is 147 Å². The summed E-state index contributed by atoms with van der Waals surface area (Å²) in [5, 5.41) is 2.65. The summed E-state index contributed by atoms with van der Waals surface area (Å²) in [4.78, 5) is 12.1. The minimum Gasteiger partial charge on any atom is -0.497 e. The van der Waals surface area contributed by atoms with E-state index < -0.39 is 10.0 Å². The lowest BCUT2D eigenvalue weighted by Gasteiger charge is -2.09. The van der Waals surface area contributed by atoms with Crippen molar-refractivity contribution >= 4 is 15.9 Å². The molecule has 0 aliphatic heterocycles. The largest absolute Gasteiger partial charge is 0.497 e. The van der Waals surface area contributed by atoms with Crippen LogP contribution in [0.5, 0.6) is 11.5 Å². The molecule has 0 aliphatic carbocycles. The van der Waals surface area contributed by atoms with Gasteiger partial charge in [0.1, 0.15) is 11.5 Å². The van der Waals surface area contributed by atoms with Gasteiger partial charge in [0, 0.05) is 18.7 Å². The van der Waals surface area contributed by atoms with E-state index in [1.807, 2.05) is 0 Å². The van der Waals surface area contributed by atoms with Crippen molar-refractivity contribution < 1.29 is 22.7 Å². The third-order valence-electron chi connectivity index (χ3n) is 3.42. The van der Waals surface area contributed by atoms with Crippen LogP contribution in [0, 0.1) is 0 Å². The van der Waals surface area contributed by atoms with Crippen molar-refractivity contribution in [3.05, 3.63) is 54.1 Å².